The lowest BCUT2D eigenvalue weighted by Gasteiger charge is -2.28. The number of H-pyrrole nitrogens is 1. The van der Waals surface area contributed by atoms with Gasteiger partial charge in [0.2, 0.25) is 5.91 Å². The minimum atomic E-state index is -0.139. The number of amides is 1. The Hall–Kier alpha value is -3.06. The summed E-state index contributed by atoms with van der Waals surface area (Å²) >= 11 is 0. The second kappa shape index (κ2) is 10.7. The first-order valence-corrected chi connectivity index (χ1v) is 11.8. The van der Waals surface area contributed by atoms with E-state index in [2.05, 4.69) is 53.4 Å². The third-order valence-corrected chi connectivity index (χ3v) is 5.79. The molecule has 0 fully saturated rings. The van der Waals surface area contributed by atoms with E-state index in [0.29, 0.717) is 56.9 Å². The summed E-state index contributed by atoms with van der Waals surface area (Å²) in [6, 6.07) is 10.3. The largest absolute Gasteiger partial charge is 0.488 e. The van der Waals surface area contributed by atoms with Gasteiger partial charge in [-0.1, -0.05) is 39.0 Å². The number of nitrogens with one attached hydrogen (secondary N) is 2. The molecular weight excluding hydrogens is 416 g/mol. The van der Waals surface area contributed by atoms with E-state index >= 15 is 0 Å². The predicted octanol–water partition coefficient (Wildman–Crippen LogP) is 4.13. The monoisotopic (exact) mass is 450 g/mol. The van der Waals surface area contributed by atoms with Crippen molar-refractivity contribution in [3.8, 4) is 11.6 Å². The molecule has 0 aliphatic carbocycles. The molecule has 3 heterocycles. The summed E-state index contributed by atoms with van der Waals surface area (Å²) in [7, 11) is 0. The SMILES string of the molecule is CC(C)CN(Cc1cnc2c(c1)OCCCO2)C(=O)C(C)CNCc1cccc2cc[nH]c12. The molecule has 1 aliphatic rings. The molecule has 0 saturated heterocycles. The number of hydrogen-bond acceptors (Lipinski definition) is 5. The highest BCUT2D eigenvalue weighted by Gasteiger charge is 2.22. The molecule has 1 atom stereocenters. The number of benzene rings is 1. The second-order valence-corrected chi connectivity index (χ2v) is 9.20. The van der Waals surface area contributed by atoms with Crippen molar-refractivity contribution < 1.29 is 14.3 Å². The van der Waals surface area contributed by atoms with E-state index in [1.54, 1.807) is 6.20 Å². The fraction of sp³-hybridized carbons (Fsp3) is 0.462. The molecular formula is C26H34N4O3. The molecule has 1 unspecified atom stereocenters. The minimum Gasteiger partial charge on any atom is -0.488 e. The summed E-state index contributed by atoms with van der Waals surface area (Å²) in [6.45, 7) is 10.0. The van der Waals surface area contributed by atoms with Gasteiger partial charge >= 0.3 is 0 Å². The Balaban J connectivity index is 1.38. The molecule has 0 saturated carbocycles. The van der Waals surface area contributed by atoms with Gasteiger partial charge in [-0.3, -0.25) is 4.79 Å². The van der Waals surface area contributed by atoms with Crippen molar-refractivity contribution >= 4 is 16.8 Å². The van der Waals surface area contributed by atoms with E-state index in [1.165, 1.54) is 10.9 Å². The van der Waals surface area contributed by atoms with Gasteiger partial charge in [0.25, 0.3) is 5.88 Å². The van der Waals surface area contributed by atoms with Crippen LogP contribution < -0.4 is 14.8 Å². The van der Waals surface area contributed by atoms with Crippen molar-refractivity contribution in [2.24, 2.45) is 11.8 Å². The summed E-state index contributed by atoms with van der Waals surface area (Å²) in [4.78, 5) is 23.0. The van der Waals surface area contributed by atoms with Crippen LogP contribution in [-0.2, 0) is 17.9 Å². The molecule has 7 nitrogen and oxygen atoms in total. The fourth-order valence-electron chi connectivity index (χ4n) is 4.19. The normalized spacial score (nSPS) is 14.3. The maximum absolute atomic E-state index is 13.3. The smallest absolute Gasteiger partial charge is 0.257 e. The van der Waals surface area contributed by atoms with Gasteiger partial charge in [-0.05, 0) is 34.6 Å². The van der Waals surface area contributed by atoms with Crippen LogP contribution in [-0.4, -0.2) is 47.1 Å². The third kappa shape index (κ3) is 5.85. The van der Waals surface area contributed by atoms with E-state index in [-0.39, 0.29) is 11.8 Å². The Bertz CT molecular complexity index is 1080. The Morgan fingerprint density at radius 3 is 2.91 bits per heavy atom. The highest BCUT2D eigenvalue weighted by molar-refractivity contribution is 5.82. The van der Waals surface area contributed by atoms with Gasteiger partial charge in [-0.25, -0.2) is 4.98 Å². The van der Waals surface area contributed by atoms with Gasteiger partial charge in [0.1, 0.15) is 0 Å². The van der Waals surface area contributed by atoms with Crippen LogP contribution in [0, 0.1) is 11.8 Å². The number of nitrogens with zero attached hydrogens (tertiary/aromatic N) is 2. The van der Waals surface area contributed by atoms with Crippen LogP contribution in [0.1, 0.15) is 38.3 Å². The van der Waals surface area contributed by atoms with E-state index < -0.39 is 0 Å². The fourth-order valence-corrected chi connectivity index (χ4v) is 4.19. The first-order chi connectivity index (χ1) is 16.0. The Morgan fingerprint density at radius 1 is 1.21 bits per heavy atom. The van der Waals surface area contributed by atoms with Crippen LogP contribution in [0.5, 0.6) is 11.6 Å². The van der Waals surface area contributed by atoms with Crippen LogP contribution in [0.15, 0.2) is 42.7 Å². The van der Waals surface area contributed by atoms with Crippen LogP contribution in [0.2, 0.25) is 0 Å². The maximum Gasteiger partial charge on any atom is 0.257 e. The zero-order valence-electron chi connectivity index (χ0n) is 19.8. The number of rotatable bonds is 9. The van der Waals surface area contributed by atoms with Crippen molar-refractivity contribution in [1.82, 2.24) is 20.2 Å². The molecule has 7 heteroatoms. The van der Waals surface area contributed by atoms with E-state index in [9.17, 15) is 4.79 Å². The van der Waals surface area contributed by atoms with E-state index in [1.807, 2.05) is 24.1 Å². The molecule has 176 valence electrons. The molecule has 4 rings (SSSR count). The van der Waals surface area contributed by atoms with Gasteiger partial charge in [0.15, 0.2) is 5.75 Å². The topological polar surface area (TPSA) is 79.5 Å². The highest BCUT2D eigenvalue weighted by Crippen LogP contribution is 2.28. The van der Waals surface area contributed by atoms with Crippen molar-refractivity contribution in [1.29, 1.82) is 0 Å². The average Bonchev–Trinajstić information content (AvgIpc) is 3.16. The lowest BCUT2D eigenvalue weighted by Crippen LogP contribution is -2.40. The van der Waals surface area contributed by atoms with Crippen LogP contribution in [0.4, 0.5) is 0 Å². The molecule has 2 N–H and O–H groups in total. The molecule has 1 aliphatic heterocycles. The molecule has 2 aromatic heterocycles. The second-order valence-electron chi connectivity index (χ2n) is 9.20. The number of carbonyl (C=O) groups is 1. The standard InChI is InChI=1S/C26H34N4O3/c1-18(2)16-30(17-20-12-23-25(29-14-20)33-11-5-10-32-23)26(31)19(3)13-27-15-22-7-4-6-21-8-9-28-24(21)22/h4,6-9,12,14,18-19,27-28H,5,10-11,13,15-17H2,1-3H3. The molecule has 0 spiro atoms. The average molecular weight is 451 g/mol. The molecule has 3 aromatic rings. The number of para-hydroxylation sites is 1. The van der Waals surface area contributed by atoms with E-state index in [4.69, 9.17) is 9.47 Å². The van der Waals surface area contributed by atoms with Gasteiger partial charge in [0.05, 0.1) is 13.2 Å². The number of aromatic amines is 1. The van der Waals surface area contributed by atoms with Crippen molar-refractivity contribution in [2.75, 3.05) is 26.3 Å². The molecule has 0 radical (unpaired) electrons. The van der Waals surface area contributed by atoms with Crippen LogP contribution in [0.3, 0.4) is 0 Å². The number of carbonyl (C=O) groups excluding carboxylic acids is 1. The zero-order chi connectivity index (χ0) is 23.2. The predicted molar refractivity (Wildman–Crippen MR) is 129 cm³/mol. The number of pyridine rings is 1. The first-order valence-electron chi connectivity index (χ1n) is 11.8. The van der Waals surface area contributed by atoms with E-state index in [0.717, 1.165) is 17.5 Å². The molecule has 1 aromatic carbocycles. The van der Waals surface area contributed by atoms with Crippen LogP contribution >= 0.6 is 0 Å². The maximum atomic E-state index is 13.3. The Morgan fingerprint density at radius 2 is 2.06 bits per heavy atom. The quantitative estimate of drug-likeness (QED) is 0.512. The molecule has 0 bridgehead atoms. The minimum absolute atomic E-state index is 0.139. The third-order valence-electron chi connectivity index (χ3n) is 5.79. The van der Waals surface area contributed by atoms with Gasteiger partial charge in [-0.2, -0.15) is 0 Å². The van der Waals surface area contributed by atoms with Crippen molar-refractivity contribution in [3.63, 3.8) is 0 Å². The number of ether oxygens (including phenoxy) is 2. The van der Waals surface area contributed by atoms with Crippen molar-refractivity contribution in [2.45, 2.75) is 40.3 Å². The summed E-state index contributed by atoms with van der Waals surface area (Å²) in [6.07, 6.45) is 4.58. The molecule has 33 heavy (non-hydrogen) atoms. The van der Waals surface area contributed by atoms with Gasteiger partial charge in [-0.15, -0.1) is 0 Å². The zero-order valence-corrected chi connectivity index (χ0v) is 19.8. The van der Waals surface area contributed by atoms with Gasteiger partial charge in [0, 0.05) is 56.4 Å². The lowest BCUT2D eigenvalue weighted by atomic mass is 10.1. The Labute approximate surface area is 195 Å². The Kier molecular flexibility index (Phi) is 7.50. The highest BCUT2D eigenvalue weighted by atomic mass is 16.5. The number of aromatic nitrogens is 2. The van der Waals surface area contributed by atoms with Crippen molar-refractivity contribution in [3.05, 3.63) is 53.9 Å². The summed E-state index contributed by atoms with van der Waals surface area (Å²) in [5.74, 6) is 1.57. The number of fused-ring (bicyclic) bond motifs is 2. The first kappa shape index (κ1) is 23.1. The van der Waals surface area contributed by atoms with Gasteiger partial charge < -0.3 is 24.7 Å². The summed E-state index contributed by atoms with van der Waals surface area (Å²) in [5, 5.41) is 4.67. The number of hydrogen-bond donors (Lipinski definition) is 2. The summed E-state index contributed by atoms with van der Waals surface area (Å²) < 4.78 is 11.4. The molecule has 1 amide bonds. The summed E-state index contributed by atoms with van der Waals surface area (Å²) in [5.41, 5.74) is 3.30. The lowest BCUT2D eigenvalue weighted by molar-refractivity contribution is -0.136. The van der Waals surface area contributed by atoms with Crippen LogP contribution in [0.25, 0.3) is 10.9 Å².